The van der Waals surface area contributed by atoms with Crippen molar-refractivity contribution in [2.75, 3.05) is 5.32 Å². The van der Waals surface area contributed by atoms with Gasteiger partial charge in [-0.2, -0.15) is 5.10 Å². The standard InChI is InChI=1S/C18H17N7O/c1-13(14-6-8-15(9-7-14)25-12-4-10-19-25)20-18(26)21-17-23-22-16-5-2-3-11-24(16)17/h2-13H,1H3,(H2,20,21,23,26)/t13-/m1/s1. The molecule has 8 nitrogen and oxygen atoms in total. The van der Waals surface area contributed by atoms with Crippen molar-refractivity contribution in [3.63, 3.8) is 0 Å². The van der Waals surface area contributed by atoms with E-state index >= 15 is 0 Å². The Bertz CT molecular complexity index is 1020. The van der Waals surface area contributed by atoms with Crippen molar-refractivity contribution in [2.24, 2.45) is 0 Å². The van der Waals surface area contributed by atoms with Crippen LogP contribution in [0.25, 0.3) is 11.3 Å². The van der Waals surface area contributed by atoms with E-state index in [1.165, 1.54) is 0 Å². The second-order valence-corrected chi connectivity index (χ2v) is 5.81. The first-order valence-corrected chi connectivity index (χ1v) is 8.18. The van der Waals surface area contributed by atoms with Crippen molar-refractivity contribution in [2.45, 2.75) is 13.0 Å². The maximum absolute atomic E-state index is 12.3. The minimum absolute atomic E-state index is 0.166. The van der Waals surface area contributed by atoms with Crippen molar-refractivity contribution < 1.29 is 4.79 Å². The Morgan fingerprint density at radius 3 is 2.65 bits per heavy atom. The molecule has 1 atom stereocenters. The van der Waals surface area contributed by atoms with Crippen LogP contribution in [-0.4, -0.2) is 30.4 Å². The van der Waals surface area contributed by atoms with Crippen molar-refractivity contribution in [3.8, 4) is 5.69 Å². The Balaban J connectivity index is 1.42. The molecule has 3 heterocycles. The molecule has 0 aliphatic rings. The number of carbonyl (C=O) groups excluding carboxylic acids is 1. The van der Waals surface area contributed by atoms with Crippen molar-refractivity contribution in [1.82, 2.24) is 29.7 Å². The van der Waals surface area contributed by atoms with Gasteiger partial charge in [-0.1, -0.05) is 18.2 Å². The first-order valence-electron chi connectivity index (χ1n) is 8.18. The van der Waals surface area contributed by atoms with Gasteiger partial charge < -0.3 is 5.32 Å². The molecule has 0 fully saturated rings. The zero-order chi connectivity index (χ0) is 17.9. The molecule has 1 aromatic carbocycles. The SMILES string of the molecule is C[C@@H](NC(=O)Nc1nnc2ccccn12)c1ccc(-n2cccn2)cc1. The Kier molecular flexibility index (Phi) is 4.06. The highest BCUT2D eigenvalue weighted by Gasteiger charge is 2.12. The lowest BCUT2D eigenvalue weighted by Crippen LogP contribution is -2.31. The molecule has 4 aromatic rings. The molecular weight excluding hydrogens is 330 g/mol. The van der Waals surface area contributed by atoms with Crippen molar-refractivity contribution in [3.05, 3.63) is 72.7 Å². The Labute approximate surface area is 149 Å². The first kappa shape index (κ1) is 15.8. The average Bonchev–Trinajstić information content (AvgIpc) is 3.32. The summed E-state index contributed by atoms with van der Waals surface area (Å²) in [5, 5.41) is 17.8. The summed E-state index contributed by atoms with van der Waals surface area (Å²) in [5.41, 5.74) is 2.62. The molecule has 0 radical (unpaired) electrons. The quantitative estimate of drug-likeness (QED) is 0.594. The molecule has 0 spiro atoms. The van der Waals surface area contributed by atoms with Crippen LogP contribution >= 0.6 is 0 Å². The topological polar surface area (TPSA) is 89.1 Å². The predicted octanol–water partition coefficient (Wildman–Crippen LogP) is 2.80. The van der Waals surface area contributed by atoms with Gasteiger partial charge in [0.25, 0.3) is 0 Å². The fourth-order valence-electron chi connectivity index (χ4n) is 2.68. The summed E-state index contributed by atoms with van der Waals surface area (Å²) in [5.74, 6) is 0.374. The Morgan fingerprint density at radius 2 is 1.88 bits per heavy atom. The highest BCUT2D eigenvalue weighted by molar-refractivity contribution is 5.88. The van der Waals surface area contributed by atoms with Crippen LogP contribution in [0.1, 0.15) is 18.5 Å². The normalized spacial score (nSPS) is 12.0. The van der Waals surface area contributed by atoms with Gasteiger partial charge in [0.15, 0.2) is 5.65 Å². The zero-order valence-electron chi connectivity index (χ0n) is 14.1. The fourth-order valence-corrected chi connectivity index (χ4v) is 2.68. The third-order valence-electron chi connectivity index (χ3n) is 4.05. The molecular formula is C18H17N7O. The third kappa shape index (κ3) is 3.12. The maximum Gasteiger partial charge on any atom is 0.322 e. The number of hydrogen-bond donors (Lipinski definition) is 2. The van der Waals surface area contributed by atoms with E-state index in [1.807, 2.05) is 61.7 Å². The van der Waals surface area contributed by atoms with Gasteiger partial charge in [0, 0.05) is 18.6 Å². The first-order chi connectivity index (χ1) is 12.7. The van der Waals surface area contributed by atoms with Gasteiger partial charge in [-0.15, -0.1) is 10.2 Å². The van der Waals surface area contributed by atoms with E-state index in [9.17, 15) is 4.79 Å². The number of anilines is 1. The van der Waals surface area contributed by atoms with Crippen LogP contribution in [0.4, 0.5) is 10.7 Å². The number of nitrogens with zero attached hydrogens (tertiary/aromatic N) is 5. The second kappa shape index (κ2) is 6.67. The third-order valence-corrected chi connectivity index (χ3v) is 4.05. The Hall–Kier alpha value is -3.68. The van der Waals surface area contributed by atoms with Crippen LogP contribution in [0.15, 0.2) is 67.1 Å². The molecule has 8 heteroatoms. The predicted molar refractivity (Wildman–Crippen MR) is 97.1 cm³/mol. The Morgan fingerprint density at radius 1 is 1.04 bits per heavy atom. The van der Waals surface area contributed by atoms with E-state index in [1.54, 1.807) is 21.5 Å². The summed E-state index contributed by atoms with van der Waals surface area (Å²) in [6.45, 7) is 1.92. The molecule has 0 bridgehead atoms. The summed E-state index contributed by atoms with van der Waals surface area (Å²) >= 11 is 0. The largest absolute Gasteiger partial charge is 0.331 e. The van der Waals surface area contributed by atoms with Gasteiger partial charge in [0.1, 0.15) is 0 Å². The van der Waals surface area contributed by atoms with Gasteiger partial charge in [-0.25, -0.2) is 9.48 Å². The minimum Gasteiger partial charge on any atom is -0.331 e. The van der Waals surface area contributed by atoms with E-state index < -0.39 is 0 Å². The summed E-state index contributed by atoms with van der Waals surface area (Å²) < 4.78 is 3.49. The monoisotopic (exact) mass is 347 g/mol. The molecule has 3 aromatic heterocycles. The highest BCUT2D eigenvalue weighted by Crippen LogP contribution is 2.16. The van der Waals surface area contributed by atoms with E-state index in [-0.39, 0.29) is 12.1 Å². The van der Waals surface area contributed by atoms with E-state index in [2.05, 4.69) is 25.9 Å². The molecule has 0 aliphatic carbocycles. The zero-order valence-corrected chi connectivity index (χ0v) is 14.1. The van der Waals surface area contributed by atoms with Crippen LogP contribution in [0, 0.1) is 0 Å². The number of amides is 2. The number of benzene rings is 1. The summed E-state index contributed by atoms with van der Waals surface area (Å²) in [6.07, 6.45) is 5.41. The number of carbonyl (C=O) groups is 1. The van der Waals surface area contributed by atoms with E-state index in [4.69, 9.17) is 0 Å². The number of pyridine rings is 1. The molecule has 2 amide bonds. The summed E-state index contributed by atoms with van der Waals surface area (Å²) in [6, 6.07) is 14.8. The van der Waals surface area contributed by atoms with Gasteiger partial charge in [0.2, 0.25) is 5.95 Å². The minimum atomic E-state index is -0.341. The molecule has 4 rings (SSSR count). The van der Waals surface area contributed by atoms with Crippen LogP contribution in [0.3, 0.4) is 0 Å². The lowest BCUT2D eigenvalue weighted by atomic mass is 10.1. The highest BCUT2D eigenvalue weighted by atomic mass is 16.2. The van der Waals surface area contributed by atoms with E-state index in [0.717, 1.165) is 11.3 Å². The second-order valence-electron chi connectivity index (χ2n) is 5.81. The smallest absolute Gasteiger partial charge is 0.322 e. The molecule has 0 saturated carbocycles. The number of fused-ring (bicyclic) bond motifs is 1. The lowest BCUT2D eigenvalue weighted by Gasteiger charge is -2.15. The van der Waals surface area contributed by atoms with Crippen LogP contribution in [0.5, 0.6) is 0 Å². The molecule has 130 valence electrons. The fraction of sp³-hybridized carbons (Fsp3) is 0.111. The molecule has 2 N–H and O–H groups in total. The number of hydrogen-bond acceptors (Lipinski definition) is 4. The van der Waals surface area contributed by atoms with Crippen LogP contribution in [0.2, 0.25) is 0 Å². The van der Waals surface area contributed by atoms with Gasteiger partial charge >= 0.3 is 6.03 Å². The number of rotatable bonds is 4. The lowest BCUT2D eigenvalue weighted by molar-refractivity contribution is 0.249. The van der Waals surface area contributed by atoms with E-state index in [0.29, 0.717) is 11.6 Å². The molecule has 0 aliphatic heterocycles. The number of aromatic nitrogens is 5. The maximum atomic E-state index is 12.3. The molecule has 0 saturated heterocycles. The molecule has 26 heavy (non-hydrogen) atoms. The van der Waals surface area contributed by atoms with Crippen LogP contribution in [-0.2, 0) is 0 Å². The van der Waals surface area contributed by atoms with Crippen molar-refractivity contribution >= 4 is 17.6 Å². The van der Waals surface area contributed by atoms with Crippen molar-refractivity contribution in [1.29, 1.82) is 0 Å². The van der Waals surface area contributed by atoms with Gasteiger partial charge in [-0.05, 0) is 42.8 Å². The van der Waals surface area contributed by atoms with Crippen LogP contribution < -0.4 is 10.6 Å². The summed E-state index contributed by atoms with van der Waals surface area (Å²) in [4.78, 5) is 12.3. The number of urea groups is 1. The van der Waals surface area contributed by atoms with Gasteiger partial charge in [0.05, 0.1) is 11.7 Å². The molecule has 0 unspecified atom stereocenters. The number of nitrogens with one attached hydrogen (secondary N) is 2. The summed E-state index contributed by atoms with van der Waals surface area (Å²) in [7, 11) is 0. The van der Waals surface area contributed by atoms with Gasteiger partial charge in [-0.3, -0.25) is 9.72 Å². The average molecular weight is 347 g/mol.